The highest BCUT2D eigenvalue weighted by Gasteiger charge is 2.18. The SMILES string of the molecule is CNCC(O)c1cc(OC)ccc1C(F)F. The van der Waals surface area contributed by atoms with Crippen LogP contribution in [0.5, 0.6) is 5.75 Å². The summed E-state index contributed by atoms with van der Waals surface area (Å²) in [4.78, 5) is 0. The van der Waals surface area contributed by atoms with Gasteiger partial charge in [-0.25, -0.2) is 8.78 Å². The van der Waals surface area contributed by atoms with Crippen LogP contribution in [0.4, 0.5) is 8.78 Å². The predicted molar refractivity (Wildman–Crippen MR) is 56.8 cm³/mol. The van der Waals surface area contributed by atoms with E-state index in [0.29, 0.717) is 5.75 Å². The van der Waals surface area contributed by atoms with E-state index >= 15 is 0 Å². The lowest BCUT2D eigenvalue weighted by molar-refractivity contribution is 0.136. The van der Waals surface area contributed by atoms with Gasteiger partial charge in [-0.2, -0.15) is 0 Å². The zero-order chi connectivity index (χ0) is 12.1. The maximum absolute atomic E-state index is 12.7. The van der Waals surface area contributed by atoms with Crippen LogP contribution < -0.4 is 10.1 Å². The Morgan fingerprint density at radius 3 is 2.56 bits per heavy atom. The van der Waals surface area contributed by atoms with Crippen LogP contribution in [0.25, 0.3) is 0 Å². The summed E-state index contributed by atoms with van der Waals surface area (Å²) in [6.07, 6.45) is -3.57. The monoisotopic (exact) mass is 231 g/mol. The fourth-order valence-electron chi connectivity index (χ4n) is 1.47. The number of likely N-dealkylation sites (N-methyl/N-ethyl adjacent to an activating group) is 1. The average molecular weight is 231 g/mol. The first-order valence-corrected chi connectivity index (χ1v) is 4.88. The molecule has 90 valence electrons. The Morgan fingerprint density at radius 2 is 2.06 bits per heavy atom. The molecule has 5 heteroatoms. The molecule has 0 saturated carbocycles. The van der Waals surface area contributed by atoms with E-state index in [0.717, 1.165) is 0 Å². The van der Waals surface area contributed by atoms with Gasteiger partial charge >= 0.3 is 0 Å². The second kappa shape index (κ2) is 5.77. The second-order valence-corrected chi connectivity index (χ2v) is 3.37. The molecule has 0 aliphatic heterocycles. The summed E-state index contributed by atoms with van der Waals surface area (Å²) in [6, 6.07) is 4.16. The van der Waals surface area contributed by atoms with Crippen LogP contribution in [0.15, 0.2) is 18.2 Å². The topological polar surface area (TPSA) is 41.5 Å². The third kappa shape index (κ3) is 2.90. The molecule has 0 radical (unpaired) electrons. The molecule has 1 rings (SSSR count). The number of hydrogen-bond acceptors (Lipinski definition) is 3. The number of ether oxygens (including phenoxy) is 1. The summed E-state index contributed by atoms with van der Waals surface area (Å²) in [7, 11) is 3.09. The molecule has 0 aliphatic rings. The van der Waals surface area contributed by atoms with Crippen molar-refractivity contribution in [2.45, 2.75) is 12.5 Å². The fraction of sp³-hybridized carbons (Fsp3) is 0.455. The largest absolute Gasteiger partial charge is 0.497 e. The van der Waals surface area contributed by atoms with Gasteiger partial charge in [-0.15, -0.1) is 0 Å². The molecule has 0 spiro atoms. The molecule has 0 aliphatic carbocycles. The van der Waals surface area contributed by atoms with Crippen molar-refractivity contribution in [1.82, 2.24) is 5.32 Å². The molecule has 0 amide bonds. The van der Waals surface area contributed by atoms with E-state index in [-0.39, 0.29) is 17.7 Å². The van der Waals surface area contributed by atoms with Gasteiger partial charge in [0.2, 0.25) is 0 Å². The Labute approximate surface area is 93.0 Å². The molecule has 0 heterocycles. The van der Waals surface area contributed by atoms with E-state index in [1.54, 1.807) is 7.05 Å². The summed E-state index contributed by atoms with van der Waals surface area (Å²) in [6.45, 7) is 0.215. The third-order valence-electron chi connectivity index (χ3n) is 2.29. The van der Waals surface area contributed by atoms with Gasteiger partial charge in [-0.3, -0.25) is 0 Å². The average Bonchev–Trinajstić information content (AvgIpc) is 2.28. The highest BCUT2D eigenvalue weighted by Crippen LogP contribution is 2.30. The molecule has 0 saturated heterocycles. The van der Waals surface area contributed by atoms with Gasteiger partial charge in [-0.05, 0) is 30.8 Å². The number of benzene rings is 1. The smallest absolute Gasteiger partial charge is 0.264 e. The van der Waals surface area contributed by atoms with Gasteiger partial charge in [0.1, 0.15) is 5.75 Å². The number of aliphatic hydroxyl groups excluding tert-OH is 1. The van der Waals surface area contributed by atoms with E-state index in [9.17, 15) is 13.9 Å². The zero-order valence-corrected chi connectivity index (χ0v) is 9.21. The number of aliphatic hydroxyl groups is 1. The summed E-state index contributed by atoms with van der Waals surface area (Å²) < 4.78 is 30.3. The Hall–Kier alpha value is -1.20. The first kappa shape index (κ1) is 12.9. The number of rotatable bonds is 5. The van der Waals surface area contributed by atoms with Crippen LogP contribution >= 0.6 is 0 Å². The van der Waals surface area contributed by atoms with E-state index in [1.165, 1.54) is 25.3 Å². The van der Waals surface area contributed by atoms with E-state index < -0.39 is 12.5 Å². The molecule has 3 nitrogen and oxygen atoms in total. The van der Waals surface area contributed by atoms with Crippen LogP contribution in [0, 0.1) is 0 Å². The van der Waals surface area contributed by atoms with Crippen molar-refractivity contribution in [3.63, 3.8) is 0 Å². The quantitative estimate of drug-likeness (QED) is 0.813. The number of nitrogens with one attached hydrogen (secondary N) is 1. The minimum Gasteiger partial charge on any atom is -0.497 e. The van der Waals surface area contributed by atoms with Crippen LogP contribution in [-0.4, -0.2) is 25.8 Å². The minimum absolute atomic E-state index is 0.163. The molecule has 0 aromatic heterocycles. The molecule has 0 bridgehead atoms. The third-order valence-corrected chi connectivity index (χ3v) is 2.29. The summed E-state index contributed by atoms with van der Waals surface area (Å²) in [5.41, 5.74) is 0.0345. The van der Waals surface area contributed by atoms with Crippen LogP contribution in [-0.2, 0) is 0 Å². The standard InChI is InChI=1S/C11H15F2NO2/c1-14-6-10(15)9-5-7(16-2)3-4-8(9)11(12)13/h3-5,10-11,14-15H,6H2,1-2H3. The molecular weight excluding hydrogens is 216 g/mol. The molecule has 2 N–H and O–H groups in total. The van der Waals surface area contributed by atoms with E-state index in [2.05, 4.69) is 5.32 Å². The second-order valence-electron chi connectivity index (χ2n) is 3.37. The predicted octanol–water partition coefficient (Wildman–Crippen LogP) is 1.89. The molecule has 0 fully saturated rings. The minimum atomic E-state index is -2.60. The van der Waals surface area contributed by atoms with Crippen molar-refractivity contribution in [1.29, 1.82) is 0 Å². The Kier molecular flexibility index (Phi) is 4.64. The zero-order valence-electron chi connectivity index (χ0n) is 9.21. The Bertz CT molecular complexity index is 345. The lowest BCUT2D eigenvalue weighted by atomic mass is 10.0. The van der Waals surface area contributed by atoms with E-state index in [4.69, 9.17) is 4.74 Å². The van der Waals surface area contributed by atoms with E-state index in [1.807, 2.05) is 0 Å². The van der Waals surface area contributed by atoms with Gasteiger partial charge in [0.05, 0.1) is 13.2 Å². The van der Waals surface area contributed by atoms with Crippen molar-refractivity contribution in [2.24, 2.45) is 0 Å². The number of halogens is 2. The first-order valence-electron chi connectivity index (χ1n) is 4.88. The van der Waals surface area contributed by atoms with Crippen LogP contribution in [0.2, 0.25) is 0 Å². The van der Waals surface area contributed by atoms with Gasteiger partial charge in [-0.1, -0.05) is 0 Å². The van der Waals surface area contributed by atoms with Gasteiger partial charge in [0.25, 0.3) is 6.43 Å². The molecule has 1 unspecified atom stereocenters. The number of hydrogen-bond donors (Lipinski definition) is 2. The lowest BCUT2D eigenvalue weighted by Gasteiger charge is -2.16. The molecule has 16 heavy (non-hydrogen) atoms. The highest BCUT2D eigenvalue weighted by molar-refractivity contribution is 5.38. The molecule has 1 aromatic carbocycles. The first-order chi connectivity index (χ1) is 7.60. The molecular formula is C11H15F2NO2. The maximum Gasteiger partial charge on any atom is 0.264 e. The Balaban J connectivity index is 3.09. The normalized spacial score (nSPS) is 12.9. The van der Waals surface area contributed by atoms with Crippen molar-refractivity contribution in [3.8, 4) is 5.75 Å². The van der Waals surface area contributed by atoms with Crippen molar-refractivity contribution in [2.75, 3.05) is 20.7 Å². The lowest BCUT2D eigenvalue weighted by Crippen LogP contribution is -2.18. The summed E-state index contributed by atoms with van der Waals surface area (Å²) >= 11 is 0. The maximum atomic E-state index is 12.7. The molecule has 1 atom stereocenters. The van der Waals surface area contributed by atoms with Crippen LogP contribution in [0.1, 0.15) is 23.7 Å². The summed E-state index contributed by atoms with van der Waals surface area (Å²) in [5, 5.41) is 12.5. The van der Waals surface area contributed by atoms with Gasteiger partial charge < -0.3 is 15.2 Å². The van der Waals surface area contributed by atoms with Crippen LogP contribution in [0.3, 0.4) is 0 Å². The summed E-state index contributed by atoms with van der Waals surface area (Å²) in [5.74, 6) is 0.453. The fourth-order valence-corrected chi connectivity index (χ4v) is 1.47. The van der Waals surface area contributed by atoms with Gasteiger partial charge in [0, 0.05) is 12.1 Å². The van der Waals surface area contributed by atoms with Crippen molar-refractivity contribution >= 4 is 0 Å². The number of methoxy groups -OCH3 is 1. The number of alkyl halides is 2. The highest BCUT2D eigenvalue weighted by atomic mass is 19.3. The molecule has 1 aromatic rings. The van der Waals surface area contributed by atoms with Gasteiger partial charge in [0.15, 0.2) is 0 Å². The van der Waals surface area contributed by atoms with Crippen molar-refractivity contribution < 1.29 is 18.6 Å². The Morgan fingerprint density at radius 1 is 1.38 bits per heavy atom. The van der Waals surface area contributed by atoms with Crippen molar-refractivity contribution in [3.05, 3.63) is 29.3 Å².